The molecule has 0 aliphatic carbocycles. The summed E-state index contributed by atoms with van der Waals surface area (Å²) in [5, 5.41) is 4.17. The molecule has 2 aromatic carbocycles. The van der Waals surface area contributed by atoms with Crippen LogP contribution in [0.5, 0.6) is 0 Å². The average Bonchev–Trinajstić information content (AvgIpc) is 2.96. The van der Waals surface area contributed by atoms with E-state index in [4.69, 9.17) is 0 Å². The zero-order chi connectivity index (χ0) is 18.9. The molecule has 0 fully saturated rings. The van der Waals surface area contributed by atoms with Gasteiger partial charge in [-0.2, -0.15) is 0 Å². The quantitative estimate of drug-likeness (QED) is 0.689. The van der Waals surface area contributed by atoms with Crippen LogP contribution in [0.1, 0.15) is 10.4 Å². The third-order valence-electron chi connectivity index (χ3n) is 3.86. The Kier molecular flexibility index (Phi) is 4.94. The molecule has 0 aliphatic heterocycles. The maximum absolute atomic E-state index is 12.3. The van der Waals surface area contributed by atoms with Crippen molar-refractivity contribution in [3.05, 3.63) is 58.9 Å². The lowest BCUT2D eigenvalue weighted by Crippen LogP contribution is -2.24. The highest BCUT2D eigenvalue weighted by molar-refractivity contribution is 7.89. The molecule has 1 heterocycles. The minimum absolute atomic E-state index is 0.131. The first-order chi connectivity index (χ1) is 12.3. The largest absolute Gasteiger partial charge is 0.318 e. The van der Waals surface area contributed by atoms with Gasteiger partial charge >= 0.3 is 0 Å². The van der Waals surface area contributed by atoms with E-state index in [1.807, 2.05) is 35.9 Å². The number of nitrogens with zero attached hydrogens (tertiary/aromatic N) is 3. The van der Waals surface area contributed by atoms with Crippen LogP contribution in [0.15, 0.2) is 58.5 Å². The van der Waals surface area contributed by atoms with E-state index in [0.29, 0.717) is 10.4 Å². The summed E-state index contributed by atoms with van der Waals surface area (Å²) in [5.41, 5.74) is 3.87. The minimum Gasteiger partial charge on any atom is -0.318 e. The molecule has 1 amide bonds. The van der Waals surface area contributed by atoms with Gasteiger partial charge in [-0.05, 0) is 36.4 Å². The monoisotopic (exact) mass is 390 g/mol. The van der Waals surface area contributed by atoms with Gasteiger partial charge in [0, 0.05) is 26.7 Å². The molecule has 1 N–H and O–H groups in total. The van der Waals surface area contributed by atoms with Gasteiger partial charge in [0.1, 0.15) is 0 Å². The average molecular weight is 390 g/mol. The van der Waals surface area contributed by atoms with E-state index in [9.17, 15) is 13.2 Å². The van der Waals surface area contributed by atoms with Crippen molar-refractivity contribution in [2.45, 2.75) is 4.90 Å². The number of nitrogens with one attached hydrogen (secondary N) is 1. The van der Waals surface area contributed by atoms with E-state index < -0.39 is 15.9 Å². The summed E-state index contributed by atoms with van der Waals surface area (Å²) in [7, 11) is 1.28. The Morgan fingerprint density at radius 1 is 1.12 bits per heavy atom. The van der Waals surface area contributed by atoms with Gasteiger partial charge in [-0.25, -0.2) is 18.1 Å². The Labute approximate surface area is 155 Å². The number of para-hydroxylation sites is 1. The van der Waals surface area contributed by atoms with Gasteiger partial charge in [-0.1, -0.05) is 23.5 Å². The first-order valence-electron chi connectivity index (χ1n) is 7.72. The van der Waals surface area contributed by atoms with Crippen LogP contribution < -0.4 is 10.2 Å². The number of amides is 1. The summed E-state index contributed by atoms with van der Waals surface area (Å²) in [6, 6.07) is 13.6. The molecule has 7 nitrogen and oxygen atoms in total. The summed E-state index contributed by atoms with van der Waals surface area (Å²) in [6.45, 7) is 0. The lowest BCUT2D eigenvalue weighted by molar-refractivity contribution is 0.0953. The Bertz CT molecular complexity index is 1130. The van der Waals surface area contributed by atoms with Crippen LogP contribution in [0.25, 0.3) is 10.2 Å². The molecule has 0 atom stereocenters. The lowest BCUT2D eigenvalue weighted by atomic mass is 10.2. The zero-order valence-corrected chi connectivity index (χ0v) is 16.1. The van der Waals surface area contributed by atoms with Crippen molar-refractivity contribution in [2.24, 2.45) is 12.1 Å². The molecule has 0 spiro atoms. The number of benzene rings is 2. The molecule has 136 valence electrons. The molecule has 0 aliphatic rings. The Morgan fingerprint density at radius 3 is 2.38 bits per heavy atom. The van der Waals surface area contributed by atoms with Gasteiger partial charge in [0.05, 0.1) is 15.1 Å². The van der Waals surface area contributed by atoms with E-state index in [1.54, 1.807) is 0 Å². The maximum Gasteiger partial charge on any atom is 0.271 e. The Morgan fingerprint density at radius 2 is 1.77 bits per heavy atom. The number of carbonyl (C=O) groups excluding carboxylic acids is 1. The topological polar surface area (TPSA) is 83.8 Å². The molecule has 9 heteroatoms. The molecule has 26 heavy (non-hydrogen) atoms. The number of carbonyl (C=O) groups is 1. The summed E-state index contributed by atoms with van der Waals surface area (Å²) in [6.07, 6.45) is 0. The van der Waals surface area contributed by atoms with E-state index in [-0.39, 0.29) is 4.90 Å². The second kappa shape index (κ2) is 7.02. The molecule has 0 radical (unpaired) electrons. The van der Waals surface area contributed by atoms with Gasteiger partial charge < -0.3 is 4.57 Å². The van der Waals surface area contributed by atoms with Crippen LogP contribution in [0, 0.1) is 0 Å². The normalized spacial score (nSPS) is 12.7. The standard InChI is InChI=1S/C17H18N4O3S2/c1-20(2)26(23,24)13-10-8-12(9-11-13)16(22)18-19-17-21(3)14-6-4-5-7-15(14)25-17/h4-11H,1-3H3,(H,18,22). The molecule has 0 unspecified atom stereocenters. The highest BCUT2D eigenvalue weighted by Gasteiger charge is 2.17. The first kappa shape index (κ1) is 18.3. The number of fused-ring (bicyclic) bond motifs is 1. The highest BCUT2D eigenvalue weighted by Crippen LogP contribution is 2.15. The summed E-state index contributed by atoms with van der Waals surface area (Å²) >= 11 is 1.47. The van der Waals surface area contributed by atoms with Crippen LogP contribution in [0.4, 0.5) is 0 Å². The summed E-state index contributed by atoms with van der Waals surface area (Å²) in [4.78, 5) is 13.1. The first-order valence-corrected chi connectivity index (χ1v) is 9.97. The van der Waals surface area contributed by atoms with E-state index >= 15 is 0 Å². The van der Waals surface area contributed by atoms with Crippen molar-refractivity contribution < 1.29 is 13.2 Å². The predicted octanol–water partition coefficient (Wildman–Crippen LogP) is 1.74. The van der Waals surface area contributed by atoms with Crippen molar-refractivity contribution in [1.82, 2.24) is 14.3 Å². The van der Waals surface area contributed by atoms with Gasteiger partial charge in [-0.3, -0.25) is 4.79 Å². The van der Waals surface area contributed by atoms with Crippen molar-refractivity contribution >= 4 is 37.5 Å². The number of thiazole rings is 1. The van der Waals surface area contributed by atoms with E-state index in [0.717, 1.165) is 14.5 Å². The molecular formula is C17H18N4O3S2. The van der Waals surface area contributed by atoms with Gasteiger partial charge in [-0.15, -0.1) is 5.10 Å². The lowest BCUT2D eigenvalue weighted by Gasteiger charge is -2.11. The fraction of sp³-hybridized carbons (Fsp3) is 0.176. The van der Waals surface area contributed by atoms with Crippen LogP contribution in [0.3, 0.4) is 0 Å². The second-order valence-corrected chi connectivity index (χ2v) is 8.94. The fourth-order valence-corrected chi connectivity index (χ4v) is 4.22. The van der Waals surface area contributed by atoms with Crippen LogP contribution in [0.2, 0.25) is 0 Å². The smallest absolute Gasteiger partial charge is 0.271 e. The second-order valence-electron chi connectivity index (χ2n) is 5.78. The molecule has 0 bridgehead atoms. The molecule has 3 aromatic rings. The van der Waals surface area contributed by atoms with E-state index in [1.165, 1.54) is 49.7 Å². The fourth-order valence-electron chi connectivity index (χ4n) is 2.34. The molecule has 3 rings (SSSR count). The highest BCUT2D eigenvalue weighted by atomic mass is 32.2. The van der Waals surface area contributed by atoms with Crippen molar-refractivity contribution in [3.63, 3.8) is 0 Å². The SMILES string of the molecule is CN(C)S(=O)(=O)c1ccc(C(=O)NN=c2sc3ccccc3n2C)cc1. The van der Waals surface area contributed by atoms with Gasteiger partial charge in [0.25, 0.3) is 5.91 Å². The molecular weight excluding hydrogens is 372 g/mol. The molecule has 0 saturated heterocycles. The van der Waals surface area contributed by atoms with Crippen LogP contribution >= 0.6 is 11.3 Å². The van der Waals surface area contributed by atoms with Crippen LogP contribution in [-0.2, 0) is 17.1 Å². The number of aromatic nitrogens is 1. The van der Waals surface area contributed by atoms with Crippen molar-refractivity contribution in [3.8, 4) is 0 Å². The minimum atomic E-state index is -3.52. The Balaban J connectivity index is 1.83. The van der Waals surface area contributed by atoms with Crippen molar-refractivity contribution in [1.29, 1.82) is 0 Å². The number of rotatable bonds is 4. The predicted molar refractivity (Wildman–Crippen MR) is 101 cm³/mol. The maximum atomic E-state index is 12.3. The van der Waals surface area contributed by atoms with Crippen LogP contribution in [-0.4, -0.2) is 37.3 Å². The number of hydrogen-bond acceptors (Lipinski definition) is 5. The number of aryl methyl sites for hydroxylation is 1. The zero-order valence-electron chi connectivity index (χ0n) is 14.5. The molecule has 0 saturated carbocycles. The van der Waals surface area contributed by atoms with Gasteiger partial charge in [0.15, 0.2) is 0 Å². The van der Waals surface area contributed by atoms with Gasteiger partial charge in [0.2, 0.25) is 14.8 Å². The summed E-state index contributed by atoms with van der Waals surface area (Å²) < 4.78 is 28.2. The summed E-state index contributed by atoms with van der Waals surface area (Å²) in [5.74, 6) is -0.406. The Hall–Kier alpha value is -2.49. The third kappa shape index (κ3) is 3.41. The van der Waals surface area contributed by atoms with Crippen molar-refractivity contribution in [2.75, 3.05) is 14.1 Å². The third-order valence-corrected chi connectivity index (χ3v) is 6.81. The number of hydrogen-bond donors (Lipinski definition) is 1. The van der Waals surface area contributed by atoms with E-state index in [2.05, 4.69) is 10.5 Å². The molecule has 1 aromatic heterocycles. The number of sulfonamides is 1.